The van der Waals surface area contributed by atoms with Gasteiger partial charge in [-0.1, -0.05) is 48.5 Å². The third-order valence-corrected chi connectivity index (χ3v) is 5.50. The number of carbonyl (C=O) groups excluding carboxylic acids is 1. The Bertz CT molecular complexity index is 877. The van der Waals surface area contributed by atoms with Gasteiger partial charge in [-0.15, -0.1) is 0 Å². The molecule has 0 unspecified atom stereocenters. The molecule has 0 aliphatic carbocycles. The van der Waals surface area contributed by atoms with Crippen molar-refractivity contribution in [3.8, 4) is 21.6 Å². The lowest BCUT2D eigenvalue weighted by atomic mass is 9.85. The van der Waals surface area contributed by atoms with Crippen LogP contribution in [0.2, 0.25) is 0 Å². The second kappa shape index (κ2) is 6.81. The van der Waals surface area contributed by atoms with Crippen LogP contribution in [0.15, 0.2) is 48.5 Å². The predicted molar refractivity (Wildman–Crippen MR) is 106 cm³/mol. The summed E-state index contributed by atoms with van der Waals surface area (Å²) in [5.74, 6) is 0. The zero-order valence-electron chi connectivity index (χ0n) is 15.0. The van der Waals surface area contributed by atoms with Crippen molar-refractivity contribution in [3.05, 3.63) is 59.8 Å². The summed E-state index contributed by atoms with van der Waals surface area (Å²) in [6.45, 7) is 5.88. The average molecular weight is 350 g/mol. The molecule has 0 aliphatic heterocycles. The molecule has 1 N–H and O–H groups in total. The summed E-state index contributed by atoms with van der Waals surface area (Å²) < 4.78 is 4.44. The van der Waals surface area contributed by atoms with Crippen molar-refractivity contribution in [2.75, 3.05) is 12.4 Å². The third kappa shape index (κ3) is 3.35. The number of benzene rings is 2. The molecule has 0 bridgehead atoms. The second-order valence-corrected chi connectivity index (χ2v) is 7.49. The maximum absolute atomic E-state index is 11.2. The molecular weight excluding hydrogens is 328 g/mol. The Kier molecular flexibility index (Phi) is 4.73. The summed E-state index contributed by atoms with van der Waals surface area (Å²) in [5, 5.41) is 3.23. The van der Waals surface area contributed by atoms with Crippen molar-refractivity contribution >= 4 is 23.5 Å². The molecular formula is C21H22N2OS. The highest BCUT2D eigenvalue weighted by Gasteiger charge is 2.19. The lowest BCUT2D eigenvalue weighted by molar-refractivity contribution is -0.111. The quantitative estimate of drug-likeness (QED) is 0.635. The number of carbonyl (C=O) groups is 1. The lowest BCUT2D eigenvalue weighted by Gasteiger charge is -2.17. The van der Waals surface area contributed by atoms with E-state index >= 15 is 0 Å². The first-order valence-corrected chi connectivity index (χ1v) is 9.05. The largest absolute Gasteiger partial charge is 0.385 e. The van der Waals surface area contributed by atoms with Gasteiger partial charge >= 0.3 is 0 Å². The van der Waals surface area contributed by atoms with E-state index in [1.54, 1.807) is 0 Å². The first kappa shape index (κ1) is 17.4. The molecule has 4 heteroatoms. The minimum absolute atomic E-state index is 0.448. The van der Waals surface area contributed by atoms with Gasteiger partial charge in [0.05, 0.1) is 16.3 Å². The maximum Gasteiger partial charge on any atom is 0.129 e. The molecule has 0 saturated carbocycles. The van der Waals surface area contributed by atoms with Gasteiger partial charge in [0.1, 0.15) is 6.29 Å². The van der Waals surface area contributed by atoms with Gasteiger partial charge < -0.3 is 10.1 Å². The lowest BCUT2D eigenvalue weighted by Crippen LogP contribution is -2.18. The highest BCUT2D eigenvalue weighted by Crippen LogP contribution is 2.35. The molecule has 25 heavy (non-hydrogen) atoms. The molecule has 0 fully saturated rings. The monoisotopic (exact) mass is 350 g/mol. The Morgan fingerprint density at radius 3 is 2.00 bits per heavy atom. The molecule has 0 aliphatic rings. The second-order valence-electron chi connectivity index (χ2n) is 6.72. The molecule has 3 nitrogen and oxygen atoms in total. The van der Waals surface area contributed by atoms with E-state index in [4.69, 9.17) is 0 Å². The van der Waals surface area contributed by atoms with E-state index in [-0.39, 0.29) is 0 Å². The van der Waals surface area contributed by atoms with Crippen LogP contribution in [0.25, 0.3) is 21.6 Å². The Balaban J connectivity index is 1.89. The molecule has 0 amide bonds. The maximum atomic E-state index is 11.2. The molecule has 2 aromatic carbocycles. The van der Waals surface area contributed by atoms with Gasteiger partial charge in [0.2, 0.25) is 0 Å². The fraction of sp³-hybridized carbons (Fsp3) is 0.238. The normalized spacial score (nSPS) is 11.4. The van der Waals surface area contributed by atoms with Crippen LogP contribution in [0.5, 0.6) is 0 Å². The Morgan fingerprint density at radius 2 is 1.48 bits per heavy atom. The number of aryl methyl sites for hydroxylation is 1. The predicted octanol–water partition coefficient (Wildman–Crippen LogP) is 5.30. The van der Waals surface area contributed by atoms with Crippen LogP contribution in [0, 0.1) is 6.92 Å². The van der Waals surface area contributed by atoms with E-state index in [0.29, 0.717) is 0 Å². The molecule has 0 atom stereocenters. The highest BCUT2D eigenvalue weighted by atomic mass is 32.1. The van der Waals surface area contributed by atoms with Gasteiger partial charge in [-0.2, -0.15) is 4.37 Å². The van der Waals surface area contributed by atoms with E-state index in [0.717, 1.165) is 44.8 Å². The zero-order chi connectivity index (χ0) is 18.0. The van der Waals surface area contributed by atoms with Crippen molar-refractivity contribution in [1.82, 2.24) is 4.37 Å². The Morgan fingerprint density at radius 1 is 0.960 bits per heavy atom. The van der Waals surface area contributed by atoms with E-state index in [9.17, 15) is 4.79 Å². The Labute approximate surface area is 152 Å². The van der Waals surface area contributed by atoms with Gasteiger partial charge in [-0.25, -0.2) is 0 Å². The summed E-state index contributed by atoms with van der Waals surface area (Å²) in [5.41, 5.74) is 6.17. The van der Waals surface area contributed by atoms with Gasteiger partial charge in [0.25, 0.3) is 0 Å². The number of nitrogens with one attached hydrogen (secondary N) is 1. The van der Waals surface area contributed by atoms with Crippen LogP contribution in [0.4, 0.5) is 5.69 Å². The molecule has 0 saturated heterocycles. The Hall–Kier alpha value is -2.46. The van der Waals surface area contributed by atoms with Crippen LogP contribution in [-0.2, 0) is 10.2 Å². The van der Waals surface area contributed by atoms with Crippen LogP contribution in [0.1, 0.15) is 25.1 Å². The van der Waals surface area contributed by atoms with Gasteiger partial charge in [0, 0.05) is 12.5 Å². The first-order chi connectivity index (χ1) is 12.0. The molecule has 3 rings (SSSR count). The summed E-state index contributed by atoms with van der Waals surface area (Å²) in [4.78, 5) is 12.4. The van der Waals surface area contributed by atoms with E-state index in [1.807, 2.05) is 40.0 Å². The number of anilines is 1. The fourth-order valence-corrected chi connectivity index (χ4v) is 3.74. The number of hydrogen-bond donors (Lipinski definition) is 1. The summed E-state index contributed by atoms with van der Waals surface area (Å²) in [6.07, 6.45) is 0.993. The highest BCUT2D eigenvalue weighted by molar-refractivity contribution is 7.10. The van der Waals surface area contributed by atoms with Crippen LogP contribution < -0.4 is 5.32 Å². The SMILES string of the molecule is CNc1c(C)nsc1-c1ccc(-c2ccc(C(C)(C)C=O)cc2)cc1. The number of aromatic nitrogens is 1. The minimum atomic E-state index is -0.448. The van der Waals surface area contributed by atoms with Crippen molar-refractivity contribution in [2.24, 2.45) is 0 Å². The van der Waals surface area contributed by atoms with E-state index in [1.165, 1.54) is 11.5 Å². The number of rotatable bonds is 5. The van der Waals surface area contributed by atoms with Crippen molar-refractivity contribution in [3.63, 3.8) is 0 Å². The van der Waals surface area contributed by atoms with Crippen molar-refractivity contribution < 1.29 is 4.79 Å². The minimum Gasteiger partial charge on any atom is -0.385 e. The van der Waals surface area contributed by atoms with Gasteiger partial charge in [0.15, 0.2) is 0 Å². The number of hydrogen-bond acceptors (Lipinski definition) is 4. The number of nitrogens with zero attached hydrogens (tertiary/aromatic N) is 1. The average Bonchev–Trinajstić information content (AvgIpc) is 3.02. The standard InChI is InChI=1S/C21H22N2OS/c1-14-19(22-4)20(25-23-14)17-7-5-15(6-8-17)16-9-11-18(12-10-16)21(2,3)13-24/h5-13,22H,1-4H3. The molecule has 0 spiro atoms. The molecule has 1 aromatic heterocycles. The van der Waals surface area contributed by atoms with Gasteiger partial charge in [-0.05, 0) is 54.6 Å². The van der Waals surface area contributed by atoms with Crippen molar-refractivity contribution in [1.29, 1.82) is 0 Å². The molecule has 1 heterocycles. The van der Waals surface area contributed by atoms with Gasteiger partial charge in [-0.3, -0.25) is 0 Å². The first-order valence-electron chi connectivity index (χ1n) is 8.28. The smallest absolute Gasteiger partial charge is 0.129 e. The summed E-state index contributed by atoms with van der Waals surface area (Å²) >= 11 is 1.52. The molecule has 0 radical (unpaired) electrons. The number of aldehydes is 1. The third-order valence-electron chi connectivity index (χ3n) is 4.52. The zero-order valence-corrected chi connectivity index (χ0v) is 15.8. The van der Waals surface area contributed by atoms with E-state index in [2.05, 4.69) is 46.1 Å². The van der Waals surface area contributed by atoms with Crippen LogP contribution >= 0.6 is 11.5 Å². The summed E-state index contributed by atoms with van der Waals surface area (Å²) in [6, 6.07) is 16.7. The van der Waals surface area contributed by atoms with Crippen LogP contribution in [0.3, 0.4) is 0 Å². The van der Waals surface area contributed by atoms with Crippen molar-refractivity contribution in [2.45, 2.75) is 26.2 Å². The van der Waals surface area contributed by atoms with Crippen LogP contribution in [-0.4, -0.2) is 17.7 Å². The van der Waals surface area contributed by atoms with E-state index < -0.39 is 5.41 Å². The topological polar surface area (TPSA) is 42.0 Å². The summed E-state index contributed by atoms with van der Waals surface area (Å²) in [7, 11) is 1.93. The molecule has 3 aromatic rings. The fourth-order valence-electron chi connectivity index (χ4n) is 2.84. The molecule has 128 valence electrons.